The highest BCUT2D eigenvalue weighted by atomic mass is 16.5. The molecule has 0 radical (unpaired) electrons. The standard InChI is InChI=1S/C13H24O4/c1-6-8-13(9-10(14)15,12(3,4)5)11(16)17-7-2/h6-9H2,1-5H3,(H,14,15). The summed E-state index contributed by atoms with van der Waals surface area (Å²) in [6.07, 6.45) is 1.11. The van der Waals surface area contributed by atoms with Gasteiger partial charge in [0.05, 0.1) is 18.4 Å². The third kappa shape index (κ3) is 3.72. The summed E-state index contributed by atoms with van der Waals surface area (Å²) in [4.78, 5) is 23.2. The second kappa shape index (κ2) is 6.03. The minimum absolute atomic E-state index is 0.177. The molecule has 0 fully saturated rings. The molecule has 0 amide bonds. The number of carbonyl (C=O) groups is 2. The van der Waals surface area contributed by atoms with Crippen molar-refractivity contribution in [3.8, 4) is 0 Å². The molecular weight excluding hydrogens is 220 g/mol. The van der Waals surface area contributed by atoms with Crippen LogP contribution in [0.4, 0.5) is 0 Å². The lowest BCUT2D eigenvalue weighted by atomic mass is 9.62. The summed E-state index contributed by atoms with van der Waals surface area (Å²) in [5.41, 5.74) is -1.38. The summed E-state index contributed by atoms with van der Waals surface area (Å²) in [6, 6.07) is 0. The summed E-state index contributed by atoms with van der Waals surface area (Å²) in [6.45, 7) is 9.63. The van der Waals surface area contributed by atoms with E-state index < -0.39 is 22.8 Å². The molecule has 4 nitrogen and oxygen atoms in total. The molecular formula is C13H24O4. The Morgan fingerprint density at radius 1 is 1.18 bits per heavy atom. The fraction of sp³-hybridized carbons (Fsp3) is 0.846. The third-order valence-corrected chi connectivity index (χ3v) is 3.23. The minimum Gasteiger partial charge on any atom is -0.481 e. The van der Waals surface area contributed by atoms with Gasteiger partial charge in [0.2, 0.25) is 0 Å². The van der Waals surface area contributed by atoms with E-state index in [2.05, 4.69) is 0 Å². The summed E-state index contributed by atoms with van der Waals surface area (Å²) in [5, 5.41) is 9.05. The van der Waals surface area contributed by atoms with Gasteiger partial charge in [-0.1, -0.05) is 34.1 Å². The van der Waals surface area contributed by atoms with E-state index in [1.807, 2.05) is 27.7 Å². The van der Waals surface area contributed by atoms with E-state index in [0.29, 0.717) is 6.42 Å². The first-order valence-corrected chi connectivity index (χ1v) is 6.10. The molecule has 0 aliphatic heterocycles. The molecule has 100 valence electrons. The number of carbonyl (C=O) groups excluding carboxylic acids is 1. The molecule has 0 saturated carbocycles. The van der Waals surface area contributed by atoms with Gasteiger partial charge in [0, 0.05) is 0 Å². The molecule has 17 heavy (non-hydrogen) atoms. The number of hydrogen-bond acceptors (Lipinski definition) is 3. The van der Waals surface area contributed by atoms with Crippen LogP contribution in [0.15, 0.2) is 0 Å². The zero-order chi connectivity index (χ0) is 13.7. The number of ether oxygens (including phenoxy) is 1. The summed E-state index contributed by atoms with van der Waals surface area (Å²) in [5.74, 6) is -1.35. The van der Waals surface area contributed by atoms with Crippen molar-refractivity contribution in [2.75, 3.05) is 6.61 Å². The Morgan fingerprint density at radius 2 is 1.71 bits per heavy atom. The summed E-state index contributed by atoms with van der Waals surface area (Å²) < 4.78 is 5.09. The molecule has 0 rings (SSSR count). The van der Waals surface area contributed by atoms with Crippen LogP contribution in [-0.2, 0) is 14.3 Å². The van der Waals surface area contributed by atoms with Crippen molar-refractivity contribution in [3.05, 3.63) is 0 Å². The van der Waals surface area contributed by atoms with Crippen molar-refractivity contribution < 1.29 is 19.4 Å². The van der Waals surface area contributed by atoms with Crippen molar-refractivity contribution in [2.45, 2.75) is 53.9 Å². The van der Waals surface area contributed by atoms with Crippen LogP contribution in [0.5, 0.6) is 0 Å². The number of hydrogen-bond donors (Lipinski definition) is 1. The lowest BCUT2D eigenvalue weighted by Crippen LogP contribution is -2.45. The van der Waals surface area contributed by atoms with Crippen LogP contribution in [-0.4, -0.2) is 23.7 Å². The van der Waals surface area contributed by atoms with Gasteiger partial charge in [0.1, 0.15) is 0 Å². The van der Waals surface area contributed by atoms with E-state index in [1.165, 1.54) is 0 Å². The Kier molecular flexibility index (Phi) is 5.66. The van der Waals surface area contributed by atoms with E-state index in [0.717, 1.165) is 6.42 Å². The predicted molar refractivity (Wildman–Crippen MR) is 65.7 cm³/mol. The van der Waals surface area contributed by atoms with Crippen LogP contribution >= 0.6 is 0 Å². The normalized spacial score (nSPS) is 15.1. The highest BCUT2D eigenvalue weighted by Crippen LogP contribution is 2.46. The van der Waals surface area contributed by atoms with Crippen molar-refractivity contribution >= 4 is 11.9 Å². The first kappa shape index (κ1) is 15.9. The maximum absolute atomic E-state index is 12.2. The van der Waals surface area contributed by atoms with Crippen molar-refractivity contribution in [1.29, 1.82) is 0 Å². The maximum Gasteiger partial charge on any atom is 0.313 e. The lowest BCUT2D eigenvalue weighted by Gasteiger charge is -2.41. The quantitative estimate of drug-likeness (QED) is 0.730. The van der Waals surface area contributed by atoms with Crippen LogP contribution < -0.4 is 0 Å². The van der Waals surface area contributed by atoms with Gasteiger partial charge >= 0.3 is 11.9 Å². The van der Waals surface area contributed by atoms with Crippen molar-refractivity contribution in [2.24, 2.45) is 10.8 Å². The van der Waals surface area contributed by atoms with E-state index in [1.54, 1.807) is 6.92 Å². The number of aliphatic carboxylic acids is 1. The fourth-order valence-electron chi connectivity index (χ4n) is 2.16. The molecule has 0 aliphatic rings. The maximum atomic E-state index is 12.2. The highest BCUT2D eigenvalue weighted by Gasteiger charge is 2.50. The van der Waals surface area contributed by atoms with Gasteiger partial charge in [-0.25, -0.2) is 0 Å². The number of carboxylic acids is 1. The molecule has 0 aromatic heterocycles. The molecule has 1 atom stereocenters. The Bertz CT molecular complexity index is 278. The molecule has 0 saturated heterocycles. The van der Waals surface area contributed by atoms with Crippen LogP contribution in [0, 0.1) is 10.8 Å². The van der Waals surface area contributed by atoms with Crippen LogP contribution in [0.1, 0.15) is 53.9 Å². The number of carboxylic acid groups (broad SMARTS) is 1. The largest absolute Gasteiger partial charge is 0.481 e. The van der Waals surface area contributed by atoms with E-state index in [9.17, 15) is 9.59 Å². The third-order valence-electron chi connectivity index (χ3n) is 3.23. The lowest BCUT2D eigenvalue weighted by molar-refractivity contribution is -0.169. The van der Waals surface area contributed by atoms with Crippen LogP contribution in [0.3, 0.4) is 0 Å². The van der Waals surface area contributed by atoms with Gasteiger partial charge in [-0.05, 0) is 18.8 Å². The van der Waals surface area contributed by atoms with Crippen LogP contribution in [0.25, 0.3) is 0 Å². The Morgan fingerprint density at radius 3 is 2.00 bits per heavy atom. The molecule has 0 bridgehead atoms. The Labute approximate surface area is 103 Å². The molecule has 1 unspecified atom stereocenters. The smallest absolute Gasteiger partial charge is 0.313 e. The van der Waals surface area contributed by atoms with Gasteiger partial charge in [-0.2, -0.15) is 0 Å². The van der Waals surface area contributed by atoms with Gasteiger partial charge < -0.3 is 9.84 Å². The van der Waals surface area contributed by atoms with Gasteiger partial charge in [-0.3, -0.25) is 9.59 Å². The topological polar surface area (TPSA) is 63.6 Å². The second-order valence-corrected chi connectivity index (χ2v) is 5.37. The van der Waals surface area contributed by atoms with E-state index >= 15 is 0 Å². The van der Waals surface area contributed by atoms with Crippen LogP contribution in [0.2, 0.25) is 0 Å². The zero-order valence-electron chi connectivity index (χ0n) is 11.5. The average Bonchev–Trinajstić information content (AvgIpc) is 2.14. The fourth-order valence-corrected chi connectivity index (χ4v) is 2.16. The SMILES string of the molecule is CCCC(CC(=O)O)(C(=O)OCC)C(C)(C)C. The second-order valence-electron chi connectivity index (χ2n) is 5.37. The van der Waals surface area contributed by atoms with E-state index in [4.69, 9.17) is 9.84 Å². The number of esters is 1. The minimum atomic E-state index is -0.957. The van der Waals surface area contributed by atoms with Gasteiger partial charge in [0.25, 0.3) is 0 Å². The average molecular weight is 244 g/mol. The molecule has 0 aliphatic carbocycles. The molecule has 1 N–H and O–H groups in total. The Hall–Kier alpha value is -1.06. The monoisotopic (exact) mass is 244 g/mol. The van der Waals surface area contributed by atoms with Gasteiger partial charge in [-0.15, -0.1) is 0 Å². The zero-order valence-corrected chi connectivity index (χ0v) is 11.5. The first-order chi connectivity index (χ1) is 7.71. The molecule has 0 heterocycles. The Balaban J connectivity index is 5.38. The van der Waals surface area contributed by atoms with Crippen molar-refractivity contribution in [1.82, 2.24) is 0 Å². The van der Waals surface area contributed by atoms with Gasteiger partial charge in [0.15, 0.2) is 0 Å². The predicted octanol–water partition coefficient (Wildman–Crippen LogP) is 2.86. The molecule has 0 aromatic carbocycles. The molecule has 0 aromatic rings. The van der Waals surface area contributed by atoms with Crippen molar-refractivity contribution in [3.63, 3.8) is 0 Å². The van der Waals surface area contributed by atoms with E-state index in [-0.39, 0.29) is 13.0 Å². The molecule has 4 heteroatoms. The highest BCUT2D eigenvalue weighted by molar-refractivity contribution is 5.83. The summed E-state index contributed by atoms with van der Waals surface area (Å²) >= 11 is 0. The number of rotatable bonds is 6. The first-order valence-electron chi connectivity index (χ1n) is 6.10. The molecule has 0 spiro atoms. The summed E-state index contributed by atoms with van der Waals surface area (Å²) in [7, 11) is 0.